The number of benzene rings is 1. The lowest BCUT2D eigenvalue weighted by atomic mass is 10.0. The first-order valence-corrected chi connectivity index (χ1v) is 6.31. The molecule has 0 amide bonds. The highest BCUT2D eigenvalue weighted by Gasteiger charge is 2.15. The van der Waals surface area contributed by atoms with Gasteiger partial charge in [0.15, 0.2) is 17.5 Å². The number of halogens is 4. The molecule has 1 atom stereocenters. The molecule has 0 saturated carbocycles. The predicted molar refractivity (Wildman–Crippen MR) is 66.3 cm³/mol. The zero-order valence-electron chi connectivity index (χ0n) is 9.09. The van der Waals surface area contributed by atoms with Crippen LogP contribution in [0.5, 0.6) is 0 Å². The van der Waals surface area contributed by atoms with Gasteiger partial charge in [0.25, 0.3) is 0 Å². The van der Waals surface area contributed by atoms with Gasteiger partial charge in [0.2, 0.25) is 0 Å². The average Bonchev–Trinajstić information content (AvgIpc) is 2.71. The van der Waals surface area contributed by atoms with Crippen molar-refractivity contribution in [2.24, 2.45) is 5.73 Å². The van der Waals surface area contributed by atoms with Crippen LogP contribution in [0.15, 0.2) is 24.3 Å². The zero-order chi connectivity index (χ0) is 13.3. The van der Waals surface area contributed by atoms with Crippen LogP contribution in [0.3, 0.4) is 0 Å². The maximum Gasteiger partial charge on any atom is 0.194 e. The molecule has 0 spiro atoms. The van der Waals surface area contributed by atoms with Gasteiger partial charge in [-0.25, -0.2) is 13.2 Å². The van der Waals surface area contributed by atoms with Crippen LogP contribution in [0.2, 0.25) is 4.34 Å². The Kier molecular flexibility index (Phi) is 3.94. The highest BCUT2D eigenvalue weighted by atomic mass is 35.5. The van der Waals surface area contributed by atoms with Crippen LogP contribution in [0.4, 0.5) is 13.2 Å². The van der Waals surface area contributed by atoms with E-state index >= 15 is 0 Å². The van der Waals surface area contributed by atoms with Crippen molar-refractivity contribution in [3.8, 4) is 0 Å². The summed E-state index contributed by atoms with van der Waals surface area (Å²) >= 11 is 7.12. The summed E-state index contributed by atoms with van der Waals surface area (Å²) in [7, 11) is 0. The smallest absolute Gasteiger partial charge is 0.194 e. The fourth-order valence-electron chi connectivity index (χ4n) is 1.59. The molecule has 0 saturated heterocycles. The van der Waals surface area contributed by atoms with Crippen molar-refractivity contribution in [3.63, 3.8) is 0 Å². The van der Waals surface area contributed by atoms with Crippen LogP contribution in [0, 0.1) is 17.5 Å². The van der Waals surface area contributed by atoms with Gasteiger partial charge in [0.1, 0.15) is 0 Å². The summed E-state index contributed by atoms with van der Waals surface area (Å²) in [5.41, 5.74) is 6.05. The highest BCUT2D eigenvalue weighted by Crippen LogP contribution is 2.26. The van der Waals surface area contributed by atoms with E-state index in [9.17, 15) is 13.2 Å². The molecule has 1 unspecified atom stereocenters. The van der Waals surface area contributed by atoms with Crippen LogP contribution in [-0.4, -0.2) is 0 Å². The van der Waals surface area contributed by atoms with Gasteiger partial charge in [-0.05, 0) is 29.8 Å². The molecule has 0 fully saturated rings. The second-order valence-electron chi connectivity index (χ2n) is 3.81. The maximum atomic E-state index is 13.1. The summed E-state index contributed by atoms with van der Waals surface area (Å²) in [5.74, 6) is -3.94. The molecule has 1 aromatic heterocycles. The summed E-state index contributed by atoms with van der Waals surface area (Å²) < 4.78 is 39.5. The van der Waals surface area contributed by atoms with Crippen molar-refractivity contribution >= 4 is 22.9 Å². The monoisotopic (exact) mass is 291 g/mol. The van der Waals surface area contributed by atoms with Gasteiger partial charge in [0.05, 0.1) is 4.34 Å². The second-order valence-corrected chi connectivity index (χ2v) is 5.61. The molecule has 0 aliphatic heterocycles. The van der Waals surface area contributed by atoms with Gasteiger partial charge < -0.3 is 5.73 Å². The maximum absolute atomic E-state index is 13.1. The van der Waals surface area contributed by atoms with Crippen molar-refractivity contribution in [2.75, 3.05) is 0 Å². The number of nitrogens with two attached hydrogens (primary N) is 1. The van der Waals surface area contributed by atoms with E-state index in [0.29, 0.717) is 10.8 Å². The molecule has 1 nitrogen and oxygen atoms in total. The minimum atomic E-state index is -1.48. The van der Waals surface area contributed by atoms with Gasteiger partial charge in [-0.15, -0.1) is 11.3 Å². The van der Waals surface area contributed by atoms with Crippen LogP contribution >= 0.6 is 22.9 Å². The molecule has 18 heavy (non-hydrogen) atoms. The first-order chi connectivity index (χ1) is 8.47. The van der Waals surface area contributed by atoms with E-state index in [-0.39, 0.29) is 5.56 Å². The van der Waals surface area contributed by atoms with Crippen molar-refractivity contribution in [2.45, 2.75) is 12.5 Å². The van der Waals surface area contributed by atoms with Crippen molar-refractivity contribution in [3.05, 3.63) is 56.5 Å². The summed E-state index contributed by atoms with van der Waals surface area (Å²) in [6, 6.07) is 4.74. The molecule has 2 rings (SSSR count). The molecule has 0 bridgehead atoms. The summed E-state index contributed by atoms with van der Waals surface area (Å²) in [5, 5.41) is 0. The molecule has 1 aromatic carbocycles. The summed E-state index contributed by atoms with van der Waals surface area (Å²) in [6.45, 7) is 0. The second kappa shape index (κ2) is 5.30. The Morgan fingerprint density at radius 2 is 1.78 bits per heavy atom. The van der Waals surface area contributed by atoms with E-state index in [1.807, 2.05) is 0 Å². The van der Waals surface area contributed by atoms with E-state index in [1.165, 1.54) is 11.3 Å². The van der Waals surface area contributed by atoms with E-state index < -0.39 is 23.5 Å². The molecule has 2 N–H and O–H groups in total. The standard InChI is InChI=1S/C12H9ClF3NS/c13-11-2-1-7(18-11)5-10(17)6-3-8(14)12(16)9(15)4-6/h1-4,10H,5,17H2. The Balaban J connectivity index is 2.21. The topological polar surface area (TPSA) is 26.0 Å². The van der Waals surface area contributed by atoms with Crippen molar-refractivity contribution < 1.29 is 13.2 Å². The third-order valence-corrected chi connectivity index (χ3v) is 3.74. The van der Waals surface area contributed by atoms with Gasteiger partial charge in [-0.3, -0.25) is 0 Å². The van der Waals surface area contributed by atoms with Crippen molar-refractivity contribution in [1.29, 1.82) is 0 Å². The van der Waals surface area contributed by atoms with E-state index in [2.05, 4.69) is 0 Å². The summed E-state index contributed by atoms with van der Waals surface area (Å²) in [6.07, 6.45) is 0.391. The molecule has 0 aliphatic rings. The van der Waals surface area contributed by atoms with Crippen LogP contribution in [0.25, 0.3) is 0 Å². The molecule has 2 aromatic rings. The van der Waals surface area contributed by atoms with E-state index in [0.717, 1.165) is 17.0 Å². The predicted octanol–water partition coefficient (Wildman–Crippen LogP) is 4.06. The van der Waals surface area contributed by atoms with Crippen LogP contribution in [0.1, 0.15) is 16.5 Å². The lowest BCUT2D eigenvalue weighted by Crippen LogP contribution is -2.14. The van der Waals surface area contributed by atoms with Crippen molar-refractivity contribution in [1.82, 2.24) is 0 Å². The molecular formula is C12H9ClF3NS. The normalized spacial score (nSPS) is 12.7. The highest BCUT2D eigenvalue weighted by molar-refractivity contribution is 7.16. The Morgan fingerprint density at radius 3 is 2.28 bits per heavy atom. The van der Waals surface area contributed by atoms with Crippen LogP contribution < -0.4 is 5.73 Å². The Labute approximate surface area is 111 Å². The molecule has 6 heteroatoms. The minimum absolute atomic E-state index is 0.218. The van der Waals surface area contributed by atoms with Gasteiger partial charge in [0, 0.05) is 17.3 Å². The average molecular weight is 292 g/mol. The quantitative estimate of drug-likeness (QED) is 0.848. The molecule has 96 valence electrons. The van der Waals surface area contributed by atoms with Gasteiger partial charge >= 0.3 is 0 Å². The van der Waals surface area contributed by atoms with Crippen LogP contribution in [-0.2, 0) is 6.42 Å². The largest absolute Gasteiger partial charge is 0.324 e. The Bertz CT molecular complexity index is 547. The molecule has 1 heterocycles. The lowest BCUT2D eigenvalue weighted by Gasteiger charge is -2.11. The minimum Gasteiger partial charge on any atom is -0.324 e. The SMILES string of the molecule is NC(Cc1ccc(Cl)s1)c1cc(F)c(F)c(F)c1. The number of hydrogen-bond donors (Lipinski definition) is 1. The Hall–Kier alpha value is -1.04. The zero-order valence-corrected chi connectivity index (χ0v) is 10.7. The summed E-state index contributed by atoms with van der Waals surface area (Å²) in [4.78, 5) is 0.901. The number of rotatable bonds is 3. The molecule has 0 aliphatic carbocycles. The van der Waals surface area contributed by atoms with E-state index in [4.69, 9.17) is 17.3 Å². The third kappa shape index (κ3) is 2.85. The lowest BCUT2D eigenvalue weighted by molar-refractivity contribution is 0.443. The van der Waals surface area contributed by atoms with Gasteiger partial charge in [-0.2, -0.15) is 0 Å². The van der Waals surface area contributed by atoms with Gasteiger partial charge in [-0.1, -0.05) is 11.6 Å². The first-order valence-electron chi connectivity index (χ1n) is 5.11. The molecule has 0 radical (unpaired) electrons. The fraction of sp³-hybridized carbons (Fsp3) is 0.167. The van der Waals surface area contributed by atoms with E-state index in [1.54, 1.807) is 12.1 Å². The third-order valence-electron chi connectivity index (χ3n) is 2.48. The number of hydrogen-bond acceptors (Lipinski definition) is 2. The number of thiophene rings is 1. The first kappa shape index (κ1) is 13.4. The molecular weight excluding hydrogens is 283 g/mol. The fourth-order valence-corrected chi connectivity index (χ4v) is 2.73. The Morgan fingerprint density at radius 1 is 1.17 bits per heavy atom.